The molecule has 0 bridgehead atoms. The number of benzene rings is 2. The molecule has 1 amide bonds. The minimum absolute atomic E-state index is 0.0789. The van der Waals surface area contributed by atoms with Gasteiger partial charge in [0.15, 0.2) is 0 Å². The van der Waals surface area contributed by atoms with Crippen LogP contribution in [0.15, 0.2) is 76.9 Å². The van der Waals surface area contributed by atoms with Gasteiger partial charge in [0.25, 0.3) is 5.56 Å². The molecule has 32 heavy (non-hydrogen) atoms. The zero-order valence-electron chi connectivity index (χ0n) is 18.3. The van der Waals surface area contributed by atoms with Crippen LogP contribution in [0.4, 0.5) is 5.69 Å². The van der Waals surface area contributed by atoms with Gasteiger partial charge >= 0.3 is 0 Å². The molecule has 0 saturated carbocycles. The second-order valence-electron chi connectivity index (χ2n) is 7.72. The van der Waals surface area contributed by atoms with E-state index in [4.69, 9.17) is 0 Å². The number of nitrogens with zero attached hydrogens (tertiary/aromatic N) is 2. The van der Waals surface area contributed by atoms with Crippen molar-refractivity contribution in [3.8, 4) is 5.69 Å². The number of nitrogens with one attached hydrogen (secondary N) is 2. The number of anilines is 1. The van der Waals surface area contributed by atoms with Crippen molar-refractivity contribution >= 4 is 22.9 Å². The summed E-state index contributed by atoms with van der Waals surface area (Å²) >= 11 is 1.64. The predicted molar refractivity (Wildman–Crippen MR) is 130 cm³/mol. The lowest BCUT2D eigenvalue weighted by Gasteiger charge is -2.18. The first-order valence-electron chi connectivity index (χ1n) is 10.4. The maximum atomic E-state index is 13.0. The van der Waals surface area contributed by atoms with E-state index >= 15 is 0 Å². The van der Waals surface area contributed by atoms with Gasteiger partial charge in [-0.2, -0.15) is 0 Å². The van der Waals surface area contributed by atoms with Crippen LogP contribution in [0.1, 0.15) is 27.7 Å². The maximum absolute atomic E-state index is 13.0. The number of thiophene rings is 1. The SMILES string of the molecule is Cc1ccc([C@H](NCC(=O)Nc2c(C)n(C)n(-c3ccccc3)c2=O)c2cccs2)cc1. The van der Waals surface area contributed by atoms with E-state index in [0.29, 0.717) is 11.4 Å². The Morgan fingerprint density at radius 1 is 1.00 bits per heavy atom. The van der Waals surface area contributed by atoms with E-state index in [1.54, 1.807) is 20.7 Å². The summed E-state index contributed by atoms with van der Waals surface area (Å²) in [6.07, 6.45) is 0. The summed E-state index contributed by atoms with van der Waals surface area (Å²) in [6.45, 7) is 3.95. The Morgan fingerprint density at radius 3 is 2.38 bits per heavy atom. The third-order valence-electron chi connectivity index (χ3n) is 5.52. The zero-order chi connectivity index (χ0) is 22.7. The van der Waals surface area contributed by atoms with Crippen LogP contribution in [-0.4, -0.2) is 21.8 Å². The Bertz CT molecular complexity index is 1260. The number of carbonyl (C=O) groups excluding carboxylic acids is 1. The van der Waals surface area contributed by atoms with Gasteiger partial charge in [-0.1, -0.05) is 54.1 Å². The van der Waals surface area contributed by atoms with Gasteiger partial charge in [0, 0.05) is 11.9 Å². The number of para-hydroxylation sites is 1. The van der Waals surface area contributed by atoms with Crippen molar-refractivity contribution in [1.82, 2.24) is 14.7 Å². The van der Waals surface area contributed by atoms with E-state index in [2.05, 4.69) is 47.9 Å². The molecule has 0 radical (unpaired) electrons. The highest BCUT2D eigenvalue weighted by atomic mass is 32.1. The number of carbonyl (C=O) groups is 1. The van der Waals surface area contributed by atoms with Crippen LogP contribution in [0.3, 0.4) is 0 Å². The molecular formula is C25H26N4O2S. The van der Waals surface area contributed by atoms with Crippen molar-refractivity contribution in [3.05, 3.63) is 104 Å². The molecule has 6 nitrogen and oxygen atoms in total. The molecule has 0 unspecified atom stereocenters. The molecule has 2 aromatic carbocycles. The van der Waals surface area contributed by atoms with Gasteiger partial charge in [-0.3, -0.25) is 19.6 Å². The topological polar surface area (TPSA) is 68.1 Å². The first-order chi connectivity index (χ1) is 15.5. The smallest absolute Gasteiger partial charge is 0.295 e. The molecule has 1 atom stereocenters. The largest absolute Gasteiger partial charge is 0.319 e. The standard InChI is InChI=1S/C25H26N4O2S/c1-17-11-13-19(14-12-17)24(21-10-7-15-32-21)26-16-22(30)27-23-18(2)28(3)29(25(23)31)20-8-5-4-6-9-20/h4-15,24,26H,16H2,1-3H3,(H,27,30)/t24-/m0/s1. The molecule has 0 aliphatic carbocycles. The molecule has 164 valence electrons. The van der Waals surface area contributed by atoms with E-state index in [0.717, 1.165) is 16.1 Å². The van der Waals surface area contributed by atoms with Crippen molar-refractivity contribution in [2.75, 3.05) is 11.9 Å². The fourth-order valence-corrected chi connectivity index (χ4v) is 4.51. The number of hydrogen-bond donors (Lipinski definition) is 2. The van der Waals surface area contributed by atoms with Gasteiger partial charge in [0.05, 0.1) is 24.0 Å². The van der Waals surface area contributed by atoms with Crippen LogP contribution in [0, 0.1) is 13.8 Å². The van der Waals surface area contributed by atoms with Crippen molar-refractivity contribution in [2.45, 2.75) is 19.9 Å². The molecule has 2 aromatic heterocycles. The van der Waals surface area contributed by atoms with Crippen molar-refractivity contribution < 1.29 is 4.79 Å². The highest BCUT2D eigenvalue weighted by molar-refractivity contribution is 7.10. The summed E-state index contributed by atoms with van der Waals surface area (Å²) in [7, 11) is 1.81. The Kier molecular flexibility index (Phi) is 6.39. The molecule has 2 heterocycles. The summed E-state index contributed by atoms with van der Waals surface area (Å²) in [4.78, 5) is 27.0. The van der Waals surface area contributed by atoms with Crippen molar-refractivity contribution in [1.29, 1.82) is 0 Å². The second kappa shape index (κ2) is 9.38. The molecule has 4 aromatic rings. The number of rotatable bonds is 7. The van der Waals surface area contributed by atoms with E-state index in [-0.39, 0.29) is 24.1 Å². The summed E-state index contributed by atoms with van der Waals surface area (Å²) in [5, 5.41) is 8.20. The molecule has 0 spiro atoms. The summed E-state index contributed by atoms with van der Waals surface area (Å²) in [5.74, 6) is -0.260. The van der Waals surface area contributed by atoms with Crippen molar-refractivity contribution in [2.24, 2.45) is 7.05 Å². The van der Waals surface area contributed by atoms with Crippen LogP contribution in [0.25, 0.3) is 5.69 Å². The van der Waals surface area contributed by atoms with Crippen LogP contribution in [0.2, 0.25) is 0 Å². The minimum atomic E-state index is -0.260. The molecule has 0 aliphatic rings. The Labute approximate surface area is 191 Å². The highest BCUT2D eigenvalue weighted by Gasteiger charge is 2.20. The van der Waals surface area contributed by atoms with Gasteiger partial charge in [0.1, 0.15) is 5.69 Å². The number of amides is 1. The number of hydrogen-bond acceptors (Lipinski definition) is 4. The average molecular weight is 447 g/mol. The number of aryl methyl sites for hydroxylation is 1. The lowest BCUT2D eigenvalue weighted by molar-refractivity contribution is -0.115. The quantitative estimate of drug-likeness (QED) is 0.448. The molecule has 0 aliphatic heterocycles. The third kappa shape index (κ3) is 4.44. The Morgan fingerprint density at radius 2 is 1.72 bits per heavy atom. The van der Waals surface area contributed by atoms with E-state index in [1.807, 2.05) is 55.7 Å². The fourth-order valence-electron chi connectivity index (χ4n) is 3.69. The lowest BCUT2D eigenvalue weighted by Crippen LogP contribution is -2.33. The molecule has 7 heteroatoms. The van der Waals surface area contributed by atoms with Gasteiger partial charge in [-0.05, 0) is 43.0 Å². The van der Waals surface area contributed by atoms with Crippen LogP contribution >= 0.6 is 11.3 Å². The molecule has 4 rings (SSSR count). The summed E-state index contributed by atoms with van der Waals surface area (Å²) in [5.41, 5.74) is 3.77. The number of aromatic nitrogens is 2. The minimum Gasteiger partial charge on any atom is -0.319 e. The fraction of sp³-hybridized carbons (Fsp3) is 0.200. The van der Waals surface area contributed by atoms with Gasteiger partial charge < -0.3 is 5.32 Å². The first-order valence-corrected chi connectivity index (χ1v) is 11.3. The monoisotopic (exact) mass is 446 g/mol. The van der Waals surface area contributed by atoms with Gasteiger partial charge in [0.2, 0.25) is 5.91 Å². The van der Waals surface area contributed by atoms with E-state index < -0.39 is 0 Å². The summed E-state index contributed by atoms with van der Waals surface area (Å²) in [6, 6.07) is 21.6. The van der Waals surface area contributed by atoms with Gasteiger partial charge in [-0.15, -0.1) is 11.3 Å². The Balaban J connectivity index is 1.52. The van der Waals surface area contributed by atoms with E-state index in [9.17, 15) is 9.59 Å². The van der Waals surface area contributed by atoms with Crippen LogP contribution in [0.5, 0.6) is 0 Å². The maximum Gasteiger partial charge on any atom is 0.295 e. The molecule has 2 N–H and O–H groups in total. The van der Waals surface area contributed by atoms with Gasteiger partial charge in [-0.25, -0.2) is 4.68 Å². The summed E-state index contributed by atoms with van der Waals surface area (Å²) < 4.78 is 3.31. The first kappa shape index (κ1) is 21.8. The molecule has 0 fully saturated rings. The average Bonchev–Trinajstić information content (AvgIpc) is 3.39. The predicted octanol–water partition coefficient (Wildman–Crippen LogP) is 4.17. The van der Waals surface area contributed by atoms with Crippen LogP contribution in [-0.2, 0) is 11.8 Å². The Hall–Kier alpha value is -3.42. The second-order valence-corrected chi connectivity index (χ2v) is 8.70. The van der Waals surface area contributed by atoms with Crippen LogP contribution < -0.4 is 16.2 Å². The molecule has 0 saturated heterocycles. The molecular weight excluding hydrogens is 420 g/mol. The highest BCUT2D eigenvalue weighted by Crippen LogP contribution is 2.26. The van der Waals surface area contributed by atoms with Crippen molar-refractivity contribution in [3.63, 3.8) is 0 Å². The third-order valence-corrected chi connectivity index (χ3v) is 6.46. The normalized spacial score (nSPS) is 12.0. The van der Waals surface area contributed by atoms with E-state index in [1.165, 1.54) is 5.56 Å². The zero-order valence-corrected chi connectivity index (χ0v) is 19.1. The lowest BCUT2D eigenvalue weighted by atomic mass is 10.0.